The number of ether oxygens (including phenoxy) is 4. The van der Waals surface area contributed by atoms with E-state index in [0.29, 0.717) is 60.2 Å². The Kier molecular flexibility index (Phi) is 32.1. The van der Waals surface area contributed by atoms with Crippen molar-refractivity contribution in [3.8, 4) is 0 Å². The van der Waals surface area contributed by atoms with Crippen molar-refractivity contribution in [2.45, 2.75) is 176 Å². The summed E-state index contributed by atoms with van der Waals surface area (Å²) in [7, 11) is 2.84. The van der Waals surface area contributed by atoms with Gasteiger partial charge in [-0.1, -0.05) is 102 Å². The summed E-state index contributed by atoms with van der Waals surface area (Å²) in [4.78, 5) is 138. The summed E-state index contributed by atoms with van der Waals surface area (Å²) in [5, 5.41) is 11.5. The highest BCUT2D eigenvalue weighted by Crippen LogP contribution is 2.24. The monoisotopic (exact) mass is 1200 g/mol. The highest BCUT2D eigenvalue weighted by atomic mass is 35.5. The molecule has 1 heterocycles. The van der Waals surface area contributed by atoms with E-state index in [2.05, 4.69) is 21.3 Å². The number of halogens is 1. The second kappa shape index (κ2) is 37.6. The fourth-order valence-electron chi connectivity index (χ4n) is 9.37. The molecule has 470 valence electrons. The van der Waals surface area contributed by atoms with E-state index in [9.17, 15) is 47.9 Å². The number of nitrogens with zero attached hydrogens (tertiary/aromatic N) is 2. The van der Waals surface area contributed by atoms with Gasteiger partial charge in [-0.3, -0.25) is 38.4 Å². The Balaban J connectivity index is 1.84. The highest BCUT2D eigenvalue weighted by Gasteiger charge is 2.37. The number of unbranched alkanes of at least 4 members (excludes halogenated alkanes) is 2. The molecule has 0 unspecified atom stereocenters. The number of carbonyl (C=O) groups excluding carboxylic acids is 10. The largest absolute Gasteiger partial charge is 0.456 e. The van der Waals surface area contributed by atoms with Gasteiger partial charge in [0, 0.05) is 61.6 Å². The zero-order valence-electron chi connectivity index (χ0n) is 52.0. The molecule has 0 fully saturated rings. The van der Waals surface area contributed by atoms with Gasteiger partial charge in [-0.05, 0) is 120 Å². The zero-order valence-corrected chi connectivity index (χ0v) is 52.7. The Hall–Kier alpha value is -6.77. The molecule has 0 bridgehead atoms. The molecule has 3 rings (SSSR count). The van der Waals surface area contributed by atoms with Crippen LogP contribution in [0.25, 0.3) is 0 Å². The third kappa shape index (κ3) is 25.4. The molecule has 6 amide bonds. The molecule has 0 saturated heterocycles. The number of hydrogen-bond acceptors (Lipinski definition) is 14. The van der Waals surface area contributed by atoms with Crippen molar-refractivity contribution >= 4 is 70.5 Å². The van der Waals surface area contributed by atoms with Crippen LogP contribution >= 0.6 is 11.6 Å². The number of hydrogen-bond donors (Lipinski definition) is 4. The van der Waals surface area contributed by atoms with Gasteiger partial charge in [-0.15, -0.1) is 0 Å². The van der Waals surface area contributed by atoms with Crippen LogP contribution in [0.1, 0.15) is 160 Å². The predicted molar refractivity (Wildman–Crippen MR) is 324 cm³/mol. The molecule has 20 nitrogen and oxygen atoms in total. The van der Waals surface area contributed by atoms with Crippen molar-refractivity contribution in [2.75, 3.05) is 53.6 Å². The van der Waals surface area contributed by atoms with Gasteiger partial charge in [0.05, 0.1) is 33.0 Å². The molecule has 0 aliphatic carbocycles. The fraction of sp³-hybridized carbons (Fsp3) is 0.594. The first-order chi connectivity index (χ1) is 40.3. The SMILES string of the molecule is C/C=C(\C)[C@H]1OC(=O)[C@@H](C)NC(=O)[C@H]([C@H](C)CC)NC(=O)CN(C)C(=O)[C@@H](Cc2ccc(Cl)cc2)N(C)C(=O)[C@H](CCCCCC(=O)CCOCCOCCNC(=O)c2ccc(C(C)=O)cc2)NC(=O)[C@@H](CC(C)C)OC(=O)/C(C)=C/CC[C@@H]1C. The number of esters is 2. The van der Waals surface area contributed by atoms with E-state index in [0.717, 1.165) is 10.5 Å². The van der Waals surface area contributed by atoms with Crippen molar-refractivity contribution in [1.82, 2.24) is 31.1 Å². The molecule has 0 saturated carbocycles. The van der Waals surface area contributed by atoms with Crippen LogP contribution in [-0.4, -0.2) is 159 Å². The Morgan fingerprint density at radius 3 is 2.07 bits per heavy atom. The molecular formula is C64H93ClN6O14. The molecule has 8 atom stereocenters. The van der Waals surface area contributed by atoms with Gasteiger partial charge >= 0.3 is 11.9 Å². The Morgan fingerprint density at radius 1 is 0.800 bits per heavy atom. The van der Waals surface area contributed by atoms with E-state index in [4.69, 9.17) is 30.5 Å². The first-order valence-corrected chi connectivity index (χ1v) is 30.1. The smallest absolute Gasteiger partial charge is 0.334 e. The molecule has 85 heavy (non-hydrogen) atoms. The summed E-state index contributed by atoms with van der Waals surface area (Å²) in [5.74, 6) is -5.86. The molecule has 2 aromatic rings. The lowest BCUT2D eigenvalue weighted by atomic mass is 9.93. The maximum atomic E-state index is 15.0. The van der Waals surface area contributed by atoms with Crippen molar-refractivity contribution in [3.63, 3.8) is 0 Å². The van der Waals surface area contributed by atoms with Crippen LogP contribution in [0.2, 0.25) is 5.02 Å². The maximum absolute atomic E-state index is 15.0. The van der Waals surface area contributed by atoms with E-state index in [1.807, 2.05) is 47.6 Å². The number of benzene rings is 2. The second-order valence-corrected chi connectivity index (χ2v) is 23.0. The van der Waals surface area contributed by atoms with Crippen molar-refractivity contribution < 1.29 is 66.9 Å². The number of allylic oxidation sites excluding steroid dienone is 2. The van der Waals surface area contributed by atoms with E-state index in [1.165, 1.54) is 32.8 Å². The Morgan fingerprint density at radius 2 is 1.45 bits per heavy atom. The number of likely N-dealkylation sites (N-methyl/N-ethyl adjacent to an activating group) is 2. The van der Waals surface area contributed by atoms with Crippen molar-refractivity contribution in [2.24, 2.45) is 17.8 Å². The number of ketones is 2. The number of amides is 6. The molecule has 21 heteroatoms. The van der Waals surface area contributed by atoms with Crippen LogP contribution in [-0.2, 0) is 63.7 Å². The van der Waals surface area contributed by atoms with Crippen molar-refractivity contribution in [1.29, 1.82) is 0 Å². The average molecular weight is 1210 g/mol. The lowest BCUT2D eigenvalue weighted by molar-refractivity contribution is -0.154. The summed E-state index contributed by atoms with van der Waals surface area (Å²) >= 11 is 6.24. The van der Waals surface area contributed by atoms with E-state index < -0.39 is 90.3 Å². The summed E-state index contributed by atoms with van der Waals surface area (Å²) in [5.41, 5.74) is 2.60. The number of carbonyl (C=O) groups is 10. The number of rotatable bonds is 24. The Bertz CT molecular complexity index is 2620. The van der Waals surface area contributed by atoms with Gasteiger partial charge in [0.25, 0.3) is 11.8 Å². The average Bonchev–Trinajstić information content (AvgIpc) is 3.55. The van der Waals surface area contributed by atoms with Gasteiger partial charge < -0.3 is 50.0 Å². The van der Waals surface area contributed by atoms with Gasteiger partial charge in [-0.25, -0.2) is 9.59 Å². The molecule has 4 N–H and O–H groups in total. The summed E-state index contributed by atoms with van der Waals surface area (Å²) in [6.07, 6.45) is 4.82. The first-order valence-electron chi connectivity index (χ1n) is 29.7. The van der Waals surface area contributed by atoms with Crippen molar-refractivity contribution in [3.05, 3.63) is 93.5 Å². The molecule has 0 aromatic heterocycles. The third-order valence-electron chi connectivity index (χ3n) is 15.1. The normalized spacial score (nSPS) is 22.6. The number of Topliss-reactive ketones (excluding diaryl/α,β-unsaturated/α-hetero) is 2. The minimum Gasteiger partial charge on any atom is -0.456 e. The predicted octanol–water partition coefficient (Wildman–Crippen LogP) is 7.48. The first kappa shape index (κ1) is 72.5. The molecule has 0 spiro atoms. The molecule has 0 radical (unpaired) electrons. The van der Waals surface area contributed by atoms with E-state index >= 15 is 0 Å². The topological polar surface area (TPSA) is 262 Å². The van der Waals surface area contributed by atoms with Crippen LogP contribution in [0.5, 0.6) is 0 Å². The van der Waals surface area contributed by atoms with Crippen LogP contribution in [0.3, 0.4) is 0 Å². The summed E-state index contributed by atoms with van der Waals surface area (Å²) in [6.45, 7) is 18.1. The second-order valence-electron chi connectivity index (χ2n) is 22.6. The highest BCUT2D eigenvalue weighted by molar-refractivity contribution is 6.30. The van der Waals surface area contributed by atoms with Crippen LogP contribution in [0, 0.1) is 17.8 Å². The standard InChI is InChI=1S/C64H93ClN6O14/c1-13-41(5)56-60(77)67-45(9)64(81)85-57(42(6)14-2)43(7)19-18-20-44(8)63(80)84-54(37-40(3)4)59(76)68-52(61(78)71(12)53(38-47-23-29-50(65)30-24-47)62(79)70(11)39-55(74)69-56)22-17-15-16-21-51(73)31-33-82-35-36-83-34-32-66-58(75)49-27-25-48(26-28-49)46(10)72/h14,20,23-30,40-41,43,45,52-54,56-57H,13,15-19,21-22,31-39H2,1-12H3,(H,66,75)(H,67,77)(H,68,76)(H,69,74)/b42-14+,44-20+/t41-,43+,45-,52+,53-,54-,56+,57-/m1/s1. The number of nitrogens with one attached hydrogen (secondary N) is 4. The molecule has 1 aliphatic heterocycles. The zero-order chi connectivity index (χ0) is 63.3. The van der Waals surface area contributed by atoms with Gasteiger partial charge in [0.2, 0.25) is 23.6 Å². The number of cyclic esters (lactones) is 2. The molecule has 2 aromatic carbocycles. The summed E-state index contributed by atoms with van der Waals surface area (Å²) in [6, 6.07) is 8.41. The quantitative estimate of drug-likeness (QED) is 0.0344. The van der Waals surface area contributed by atoms with Gasteiger partial charge in [0.1, 0.15) is 36.1 Å². The lowest BCUT2D eigenvalue weighted by Crippen LogP contribution is -2.58. The maximum Gasteiger partial charge on any atom is 0.334 e. The van der Waals surface area contributed by atoms with E-state index in [1.54, 1.807) is 68.5 Å². The fourth-order valence-corrected chi connectivity index (χ4v) is 9.49. The third-order valence-corrected chi connectivity index (χ3v) is 15.3. The van der Waals surface area contributed by atoms with Crippen LogP contribution in [0.4, 0.5) is 0 Å². The lowest BCUT2D eigenvalue weighted by Gasteiger charge is -2.34. The van der Waals surface area contributed by atoms with Crippen LogP contribution in [0.15, 0.2) is 71.8 Å². The van der Waals surface area contributed by atoms with Gasteiger partial charge in [-0.2, -0.15) is 0 Å². The van der Waals surface area contributed by atoms with E-state index in [-0.39, 0.29) is 100.0 Å². The minimum absolute atomic E-state index is 0.0250. The molecule has 1 aliphatic rings. The van der Waals surface area contributed by atoms with Crippen LogP contribution < -0.4 is 21.3 Å². The Labute approximate surface area is 507 Å². The minimum atomic E-state index is -1.31. The summed E-state index contributed by atoms with van der Waals surface area (Å²) < 4.78 is 23.1. The van der Waals surface area contributed by atoms with Gasteiger partial charge in [0.15, 0.2) is 11.9 Å². The molecular weight excluding hydrogens is 1110 g/mol.